The lowest BCUT2D eigenvalue weighted by Crippen LogP contribution is -2.15. The van der Waals surface area contributed by atoms with Gasteiger partial charge in [-0.05, 0) is 6.08 Å². The van der Waals surface area contributed by atoms with Crippen molar-refractivity contribution in [2.75, 3.05) is 0 Å². The van der Waals surface area contributed by atoms with Gasteiger partial charge in [-0.1, -0.05) is 0 Å². The summed E-state index contributed by atoms with van der Waals surface area (Å²) in [6.45, 7) is 0. The molecule has 0 aliphatic carbocycles. The Morgan fingerprint density at radius 2 is 1.64 bits per heavy atom. The van der Waals surface area contributed by atoms with Gasteiger partial charge in [-0.3, -0.25) is 0 Å². The van der Waals surface area contributed by atoms with Crippen molar-refractivity contribution in [3.8, 4) is 0 Å². The highest BCUT2D eigenvalue weighted by molar-refractivity contribution is 5.97. The highest BCUT2D eigenvalue weighted by Crippen LogP contribution is 2.29. The Labute approximate surface area is 74.3 Å². The largest absolute Gasteiger partial charge is 0.435 e. The molecule has 1 radical (unpaired) electrons. The van der Waals surface area contributed by atoms with Crippen LogP contribution in [0.15, 0.2) is 16.9 Å². The van der Waals surface area contributed by atoms with Gasteiger partial charge < -0.3 is 0 Å². The van der Waals surface area contributed by atoms with E-state index in [0.717, 1.165) is 0 Å². The molecule has 0 aromatic carbocycles. The SMILES string of the molecule is FC(F)(F)CC1=N[N]C(C(F)(F)F)=C1. The second-order valence-corrected chi connectivity index (χ2v) is 2.51. The van der Waals surface area contributed by atoms with Gasteiger partial charge in [0, 0.05) is 0 Å². The first kappa shape index (κ1) is 10.9. The molecule has 0 saturated heterocycles. The molecule has 1 heterocycles. The molecular formula is C6H3F6N2. The molecule has 0 amide bonds. The van der Waals surface area contributed by atoms with Crippen LogP contribution >= 0.6 is 0 Å². The van der Waals surface area contributed by atoms with E-state index in [0.29, 0.717) is 0 Å². The van der Waals surface area contributed by atoms with E-state index in [1.54, 1.807) is 0 Å². The van der Waals surface area contributed by atoms with Crippen molar-refractivity contribution in [3.63, 3.8) is 0 Å². The van der Waals surface area contributed by atoms with Gasteiger partial charge in [0.05, 0.1) is 12.1 Å². The second-order valence-electron chi connectivity index (χ2n) is 2.51. The number of hydrogen-bond acceptors (Lipinski definition) is 1. The van der Waals surface area contributed by atoms with E-state index in [1.165, 1.54) is 0 Å². The zero-order valence-corrected chi connectivity index (χ0v) is 6.45. The van der Waals surface area contributed by atoms with E-state index in [2.05, 4.69) is 10.5 Å². The maximum Gasteiger partial charge on any atom is 0.435 e. The number of alkyl halides is 6. The maximum atomic E-state index is 11.9. The fourth-order valence-electron chi connectivity index (χ4n) is 0.764. The van der Waals surface area contributed by atoms with Crippen LogP contribution in [0.2, 0.25) is 0 Å². The molecule has 0 N–H and O–H groups in total. The van der Waals surface area contributed by atoms with E-state index in [9.17, 15) is 26.3 Å². The van der Waals surface area contributed by atoms with Crippen molar-refractivity contribution in [2.24, 2.45) is 5.10 Å². The minimum Gasteiger partial charge on any atom is -0.171 e. The molecule has 0 bridgehead atoms. The van der Waals surface area contributed by atoms with Gasteiger partial charge in [-0.15, -0.1) is 5.43 Å². The summed E-state index contributed by atoms with van der Waals surface area (Å²) in [6.07, 6.45) is -10.5. The Bertz CT molecular complexity index is 284. The number of halogens is 6. The molecule has 0 aromatic heterocycles. The highest BCUT2D eigenvalue weighted by Gasteiger charge is 2.39. The highest BCUT2D eigenvalue weighted by atomic mass is 19.4. The van der Waals surface area contributed by atoms with Crippen molar-refractivity contribution in [1.29, 1.82) is 0 Å². The van der Waals surface area contributed by atoms with Crippen LogP contribution in [0.1, 0.15) is 6.42 Å². The van der Waals surface area contributed by atoms with E-state index >= 15 is 0 Å². The third-order valence-corrected chi connectivity index (χ3v) is 1.26. The molecule has 0 atom stereocenters. The summed E-state index contributed by atoms with van der Waals surface area (Å²) >= 11 is 0. The summed E-state index contributed by atoms with van der Waals surface area (Å²) in [4.78, 5) is 0. The summed E-state index contributed by atoms with van der Waals surface area (Å²) in [5.41, 5.74) is 0.459. The first-order valence-electron chi connectivity index (χ1n) is 3.32. The lowest BCUT2D eigenvalue weighted by Gasteiger charge is -2.03. The molecule has 1 aliphatic rings. The van der Waals surface area contributed by atoms with Gasteiger partial charge in [0.1, 0.15) is 0 Å². The number of rotatable bonds is 1. The molecule has 2 nitrogen and oxygen atoms in total. The number of hydrogen-bond donors (Lipinski definition) is 0. The minimum atomic E-state index is -4.75. The topological polar surface area (TPSA) is 26.5 Å². The van der Waals surface area contributed by atoms with Gasteiger partial charge in [0.15, 0.2) is 5.70 Å². The molecule has 8 heteroatoms. The Balaban J connectivity index is 2.66. The van der Waals surface area contributed by atoms with Crippen LogP contribution < -0.4 is 5.43 Å². The average Bonchev–Trinajstić information content (AvgIpc) is 2.29. The zero-order chi connectivity index (χ0) is 11.0. The van der Waals surface area contributed by atoms with Gasteiger partial charge >= 0.3 is 12.4 Å². The van der Waals surface area contributed by atoms with E-state index < -0.39 is 30.2 Å². The first-order chi connectivity index (χ1) is 6.18. The molecular weight excluding hydrogens is 214 g/mol. The second kappa shape index (κ2) is 3.18. The summed E-state index contributed by atoms with van der Waals surface area (Å²) in [5.74, 6) is 0. The lowest BCUT2D eigenvalue weighted by atomic mass is 10.2. The van der Waals surface area contributed by atoms with Crippen molar-refractivity contribution < 1.29 is 26.3 Å². The third kappa shape index (κ3) is 2.93. The van der Waals surface area contributed by atoms with Gasteiger partial charge in [-0.2, -0.15) is 31.4 Å². The Morgan fingerprint density at radius 1 is 1.07 bits per heavy atom. The van der Waals surface area contributed by atoms with Crippen LogP contribution in [-0.4, -0.2) is 18.1 Å². The first-order valence-corrected chi connectivity index (χ1v) is 3.32. The van der Waals surface area contributed by atoms with Crippen LogP contribution in [0, 0.1) is 0 Å². The maximum absolute atomic E-state index is 11.9. The molecule has 0 unspecified atom stereocenters. The summed E-state index contributed by atoms with van der Waals surface area (Å²) in [7, 11) is 0. The smallest absolute Gasteiger partial charge is 0.171 e. The zero-order valence-electron chi connectivity index (χ0n) is 6.45. The van der Waals surface area contributed by atoms with Crippen molar-refractivity contribution in [1.82, 2.24) is 5.43 Å². The molecule has 79 valence electrons. The van der Waals surface area contributed by atoms with E-state index in [-0.39, 0.29) is 6.08 Å². The van der Waals surface area contributed by atoms with Gasteiger partial charge in [-0.25, -0.2) is 0 Å². The van der Waals surface area contributed by atoms with Crippen LogP contribution in [0.25, 0.3) is 0 Å². The fraction of sp³-hybridized carbons (Fsp3) is 0.500. The predicted molar refractivity (Wildman–Crippen MR) is 34.4 cm³/mol. The molecule has 1 rings (SSSR count). The molecule has 0 saturated carbocycles. The predicted octanol–water partition coefficient (Wildman–Crippen LogP) is 2.36. The van der Waals surface area contributed by atoms with Crippen molar-refractivity contribution in [2.45, 2.75) is 18.8 Å². The fourth-order valence-corrected chi connectivity index (χ4v) is 0.764. The molecule has 0 aromatic rings. The standard InChI is InChI=1S/C6H3F6N2/c7-5(8,9)2-3-1-4(14-13-3)6(10,11)12/h1H,2H2. The average molecular weight is 217 g/mol. The summed E-state index contributed by atoms with van der Waals surface area (Å²) in [6, 6.07) is 0. The molecule has 14 heavy (non-hydrogen) atoms. The quantitative estimate of drug-likeness (QED) is 0.603. The van der Waals surface area contributed by atoms with Crippen LogP contribution in [-0.2, 0) is 0 Å². The van der Waals surface area contributed by atoms with Crippen LogP contribution in [0.3, 0.4) is 0 Å². The van der Waals surface area contributed by atoms with Gasteiger partial charge in [0.25, 0.3) is 0 Å². The molecule has 0 fully saturated rings. The lowest BCUT2D eigenvalue weighted by molar-refractivity contribution is -0.121. The molecule has 1 aliphatic heterocycles. The normalized spacial score (nSPS) is 17.6. The summed E-state index contributed by atoms with van der Waals surface area (Å²) in [5, 5.41) is 2.78. The third-order valence-electron chi connectivity index (χ3n) is 1.26. The minimum absolute atomic E-state index is 0.285. The number of allylic oxidation sites excluding steroid dienone is 2. The van der Waals surface area contributed by atoms with Crippen molar-refractivity contribution >= 4 is 5.71 Å². The van der Waals surface area contributed by atoms with E-state index in [1.807, 2.05) is 0 Å². The Hall–Kier alpha value is -1.21. The van der Waals surface area contributed by atoms with Crippen LogP contribution in [0.5, 0.6) is 0 Å². The molecule has 0 spiro atoms. The summed E-state index contributed by atoms with van der Waals surface area (Å²) < 4.78 is 70.6. The van der Waals surface area contributed by atoms with Crippen molar-refractivity contribution in [3.05, 3.63) is 11.8 Å². The monoisotopic (exact) mass is 217 g/mol. The Kier molecular flexibility index (Phi) is 2.47. The number of nitrogens with zero attached hydrogens (tertiary/aromatic N) is 2. The Morgan fingerprint density at radius 3 is 2.00 bits per heavy atom. The van der Waals surface area contributed by atoms with E-state index in [4.69, 9.17) is 0 Å². The van der Waals surface area contributed by atoms with Crippen LogP contribution in [0.4, 0.5) is 26.3 Å². The van der Waals surface area contributed by atoms with Gasteiger partial charge in [0.2, 0.25) is 0 Å².